The van der Waals surface area contributed by atoms with E-state index in [0.717, 1.165) is 24.0 Å². The minimum atomic E-state index is -0.405. The fourth-order valence-electron chi connectivity index (χ4n) is 2.21. The predicted molar refractivity (Wildman–Crippen MR) is 60.9 cm³/mol. The molecule has 1 aliphatic rings. The summed E-state index contributed by atoms with van der Waals surface area (Å²) in [6.45, 7) is 3.76. The van der Waals surface area contributed by atoms with Crippen LogP contribution in [0.15, 0.2) is 24.8 Å². The summed E-state index contributed by atoms with van der Waals surface area (Å²) in [5.41, 5.74) is 2.19. The van der Waals surface area contributed by atoms with Crippen molar-refractivity contribution in [2.45, 2.75) is 18.8 Å². The van der Waals surface area contributed by atoms with Crippen molar-refractivity contribution in [3.63, 3.8) is 0 Å². The molecule has 1 atom stereocenters. The molecule has 0 heterocycles. The molecule has 0 radical (unpaired) electrons. The number of nitrogens with zero attached hydrogens (tertiary/aromatic N) is 1. The third-order valence-corrected chi connectivity index (χ3v) is 3.05. The van der Waals surface area contributed by atoms with E-state index in [1.54, 1.807) is 12.1 Å². The smallest absolute Gasteiger partial charge is 0.311 e. The second kappa shape index (κ2) is 3.96. The molecule has 0 bridgehead atoms. The summed E-state index contributed by atoms with van der Waals surface area (Å²) in [4.78, 5) is 10.5. The Hall–Kier alpha value is -1.84. The number of aryl methyl sites for hydroxylation is 1. The van der Waals surface area contributed by atoms with E-state index in [-0.39, 0.29) is 11.6 Å². The Bertz CT molecular complexity index is 454. The maximum absolute atomic E-state index is 10.9. The first kappa shape index (κ1) is 10.7. The van der Waals surface area contributed by atoms with E-state index in [1.165, 1.54) is 7.11 Å². The van der Waals surface area contributed by atoms with E-state index >= 15 is 0 Å². The van der Waals surface area contributed by atoms with Gasteiger partial charge in [0.05, 0.1) is 12.0 Å². The van der Waals surface area contributed by atoms with E-state index in [9.17, 15) is 10.1 Å². The average molecular weight is 219 g/mol. The second-order valence-corrected chi connectivity index (χ2v) is 3.86. The number of allylic oxidation sites excluding steroid dienone is 1. The topological polar surface area (TPSA) is 52.4 Å². The van der Waals surface area contributed by atoms with E-state index in [0.29, 0.717) is 5.75 Å². The fourth-order valence-corrected chi connectivity index (χ4v) is 2.21. The van der Waals surface area contributed by atoms with Gasteiger partial charge in [0.15, 0.2) is 5.75 Å². The number of nitro benzene ring substituents is 1. The van der Waals surface area contributed by atoms with Gasteiger partial charge < -0.3 is 4.74 Å². The van der Waals surface area contributed by atoms with Gasteiger partial charge in [-0.25, -0.2) is 0 Å². The maximum atomic E-state index is 10.9. The Balaban J connectivity index is 2.56. The third-order valence-electron chi connectivity index (χ3n) is 3.05. The molecule has 1 aromatic carbocycles. The Morgan fingerprint density at radius 3 is 2.94 bits per heavy atom. The van der Waals surface area contributed by atoms with Crippen LogP contribution in [0.3, 0.4) is 0 Å². The highest BCUT2D eigenvalue weighted by atomic mass is 16.6. The summed E-state index contributed by atoms with van der Waals surface area (Å²) in [5.74, 6) is 0.577. The van der Waals surface area contributed by atoms with Crippen molar-refractivity contribution in [3.05, 3.63) is 46.0 Å². The molecule has 0 saturated carbocycles. The number of methoxy groups -OCH3 is 1. The van der Waals surface area contributed by atoms with Crippen LogP contribution in [0.2, 0.25) is 0 Å². The second-order valence-electron chi connectivity index (χ2n) is 3.86. The number of benzene rings is 1. The van der Waals surface area contributed by atoms with Crippen LogP contribution in [-0.4, -0.2) is 12.0 Å². The molecule has 1 aliphatic carbocycles. The molecule has 2 rings (SSSR count). The maximum Gasteiger partial charge on any atom is 0.311 e. The van der Waals surface area contributed by atoms with Crippen molar-refractivity contribution in [1.82, 2.24) is 0 Å². The Morgan fingerprint density at radius 2 is 2.38 bits per heavy atom. The third kappa shape index (κ3) is 1.56. The molecule has 0 amide bonds. The number of ether oxygens (including phenoxy) is 1. The average Bonchev–Trinajstić information content (AvgIpc) is 2.68. The largest absolute Gasteiger partial charge is 0.490 e. The summed E-state index contributed by atoms with van der Waals surface area (Å²) in [6, 6.07) is 3.39. The quantitative estimate of drug-likeness (QED) is 0.446. The van der Waals surface area contributed by atoms with Crippen LogP contribution < -0.4 is 4.74 Å². The van der Waals surface area contributed by atoms with E-state index in [4.69, 9.17) is 4.74 Å². The van der Waals surface area contributed by atoms with Gasteiger partial charge in [-0.2, -0.15) is 0 Å². The number of nitro groups is 1. The Labute approximate surface area is 93.7 Å². The molecule has 1 aromatic rings. The van der Waals surface area contributed by atoms with Crippen molar-refractivity contribution in [2.75, 3.05) is 7.11 Å². The molecule has 0 aliphatic heterocycles. The first-order valence-electron chi connectivity index (χ1n) is 5.15. The lowest BCUT2D eigenvalue weighted by atomic mass is 10.0. The van der Waals surface area contributed by atoms with Gasteiger partial charge in [-0.05, 0) is 30.0 Å². The highest BCUT2D eigenvalue weighted by Crippen LogP contribution is 2.40. The Kier molecular flexibility index (Phi) is 2.64. The van der Waals surface area contributed by atoms with Crippen molar-refractivity contribution >= 4 is 5.69 Å². The van der Waals surface area contributed by atoms with Gasteiger partial charge in [-0.3, -0.25) is 10.1 Å². The molecule has 0 saturated heterocycles. The van der Waals surface area contributed by atoms with Crippen LogP contribution in [0.4, 0.5) is 5.69 Å². The number of fused-ring (bicyclic) bond motifs is 1. The van der Waals surface area contributed by atoms with Crippen molar-refractivity contribution in [3.8, 4) is 5.75 Å². The van der Waals surface area contributed by atoms with Crippen LogP contribution in [-0.2, 0) is 6.42 Å². The minimum absolute atomic E-state index is 0.0370. The van der Waals surface area contributed by atoms with Gasteiger partial charge in [0.1, 0.15) is 0 Å². The van der Waals surface area contributed by atoms with Gasteiger partial charge in [0.2, 0.25) is 0 Å². The molecule has 0 N–H and O–H groups in total. The van der Waals surface area contributed by atoms with Crippen LogP contribution in [0.25, 0.3) is 0 Å². The molecule has 4 heteroatoms. The van der Waals surface area contributed by atoms with Gasteiger partial charge >= 0.3 is 5.69 Å². The molecule has 16 heavy (non-hydrogen) atoms. The highest BCUT2D eigenvalue weighted by molar-refractivity contribution is 5.55. The molecule has 0 aromatic heterocycles. The van der Waals surface area contributed by atoms with E-state index in [2.05, 4.69) is 6.58 Å². The molecule has 0 fully saturated rings. The van der Waals surface area contributed by atoms with Crippen LogP contribution in [0.1, 0.15) is 23.5 Å². The van der Waals surface area contributed by atoms with Crippen LogP contribution in [0, 0.1) is 10.1 Å². The lowest BCUT2D eigenvalue weighted by Crippen LogP contribution is -1.97. The van der Waals surface area contributed by atoms with Gasteiger partial charge in [0, 0.05) is 12.0 Å². The molecular weight excluding hydrogens is 206 g/mol. The van der Waals surface area contributed by atoms with Crippen LogP contribution in [0.5, 0.6) is 5.75 Å². The summed E-state index contributed by atoms with van der Waals surface area (Å²) in [5, 5.41) is 10.9. The summed E-state index contributed by atoms with van der Waals surface area (Å²) in [6.07, 6.45) is 3.76. The molecule has 4 nitrogen and oxygen atoms in total. The molecular formula is C12H13NO3. The van der Waals surface area contributed by atoms with Crippen molar-refractivity contribution in [1.29, 1.82) is 0 Å². The zero-order valence-corrected chi connectivity index (χ0v) is 9.10. The van der Waals surface area contributed by atoms with Crippen molar-refractivity contribution in [2.24, 2.45) is 0 Å². The zero-order chi connectivity index (χ0) is 11.7. The summed E-state index contributed by atoms with van der Waals surface area (Å²) < 4.78 is 5.03. The fraction of sp³-hybridized carbons (Fsp3) is 0.333. The molecule has 0 spiro atoms. The first-order valence-corrected chi connectivity index (χ1v) is 5.15. The minimum Gasteiger partial charge on any atom is -0.490 e. The lowest BCUT2D eigenvalue weighted by Gasteiger charge is -2.08. The SMILES string of the molecule is C=CC1CCc2cc(OC)c([N+](=O)[O-])cc21. The van der Waals surface area contributed by atoms with E-state index in [1.807, 2.05) is 6.08 Å². The standard InChI is InChI=1S/C12H13NO3/c1-3-8-4-5-9-6-12(16-2)11(13(14)15)7-10(8)9/h3,6-8H,1,4-5H2,2H3. The zero-order valence-electron chi connectivity index (χ0n) is 9.10. The van der Waals surface area contributed by atoms with E-state index < -0.39 is 4.92 Å². The lowest BCUT2D eigenvalue weighted by molar-refractivity contribution is -0.385. The number of hydrogen-bond acceptors (Lipinski definition) is 3. The van der Waals surface area contributed by atoms with Crippen molar-refractivity contribution < 1.29 is 9.66 Å². The number of hydrogen-bond donors (Lipinski definition) is 0. The van der Waals surface area contributed by atoms with Gasteiger partial charge in [-0.15, -0.1) is 6.58 Å². The normalized spacial score (nSPS) is 17.9. The van der Waals surface area contributed by atoms with Gasteiger partial charge in [0.25, 0.3) is 0 Å². The molecule has 1 unspecified atom stereocenters. The van der Waals surface area contributed by atoms with Gasteiger partial charge in [-0.1, -0.05) is 6.08 Å². The first-order chi connectivity index (χ1) is 7.67. The monoisotopic (exact) mass is 219 g/mol. The predicted octanol–water partition coefficient (Wildman–Crippen LogP) is 2.82. The summed E-state index contributed by atoms with van der Waals surface area (Å²) in [7, 11) is 1.45. The molecule has 84 valence electrons. The number of rotatable bonds is 3. The summed E-state index contributed by atoms with van der Waals surface area (Å²) >= 11 is 0. The Morgan fingerprint density at radius 1 is 1.62 bits per heavy atom. The van der Waals surface area contributed by atoms with Crippen LogP contribution >= 0.6 is 0 Å². The highest BCUT2D eigenvalue weighted by Gasteiger charge is 2.26.